The van der Waals surface area contributed by atoms with Crippen LogP contribution in [0.4, 0.5) is 0 Å². The Morgan fingerprint density at radius 3 is 2.76 bits per heavy atom. The summed E-state index contributed by atoms with van der Waals surface area (Å²) in [4.78, 5) is 25.8. The van der Waals surface area contributed by atoms with Gasteiger partial charge >= 0.3 is 5.97 Å². The maximum absolute atomic E-state index is 12.6. The summed E-state index contributed by atoms with van der Waals surface area (Å²) in [5.41, 5.74) is 0. The molecule has 0 radical (unpaired) electrons. The third-order valence-corrected chi connectivity index (χ3v) is 4.24. The molecule has 1 saturated carbocycles. The van der Waals surface area contributed by atoms with Crippen LogP contribution >= 0.6 is 0 Å². The smallest absolute Gasteiger partial charge is 0.307 e. The van der Waals surface area contributed by atoms with Gasteiger partial charge in [-0.1, -0.05) is 19.8 Å². The SMILES string of the molecule is COC(=O)CCN(C(=O)c1ccco1)C1CCCCC1C. The van der Waals surface area contributed by atoms with Crippen LogP contribution in [0.3, 0.4) is 0 Å². The van der Waals surface area contributed by atoms with Crippen molar-refractivity contribution in [3.8, 4) is 0 Å². The second kappa shape index (κ2) is 7.29. The third kappa shape index (κ3) is 3.86. The van der Waals surface area contributed by atoms with Crippen LogP contribution in [-0.2, 0) is 9.53 Å². The molecule has 5 nitrogen and oxygen atoms in total. The lowest BCUT2D eigenvalue weighted by Gasteiger charge is -2.38. The molecule has 0 saturated heterocycles. The number of carbonyl (C=O) groups excluding carboxylic acids is 2. The first-order chi connectivity index (χ1) is 10.1. The molecule has 21 heavy (non-hydrogen) atoms. The molecule has 116 valence electrons. The number of carbonyl (C=O) groups is 2. The van der Waals surface area contributed by atoms with E-state index in [4.69, 9.17) is 4.42 Å². The van der Waals surface area contributed by atoms with Gasteiger partial charge in [-0.15, -0.1) is 0 Å². The van der Waals surface area contributed by atoms with Crippen molar-refractivity contribution in [3.05, 3.63) is 24.2 Å². The number of rotatable bonds is 5. The lowest BCUT2D eigenvalue weighted by atomic mass is 9.84. The zero-order valence-corrected chi connectivity index (χ0v) is 12.7. The molecule has 0 aliphatic heterocycles. The molecule has 1 aromatic rings. The van der Waals surface area contributed by atoms with Gasteiger partial charge in [-0.3, -0.25) is 9.59 Å². The Labute approximate surface area is 125 Å². The third-order valence-electron chi connectivity index (χ3n) is 4.24. The zero-order valence-electron chi connectivity index (χ0n) is 12.7. The quantitative estimate of drug-likeness (QED) is 0.783. The fraction of sp³-hybridized carbons (Fsp3) is 0.625. The van der Waals surface area contributed by atoms with E-state index in [1.165, 1.54) is 19.8 Å². The van der Waals surface area contributed by atoms with Crippen molar-refractivity contribution >= 4 is 11.9 Å². The van der Waals surface area contributed by atoms with E-state index in [1.807, 2.05) is 0 Å². The number of furan rings is 1. The van der Waals surface area contributed by atoms with Crippen LogP contribution in [0.2, 0.25) is 0 Å². The molecule has 1 heterocycles. The average Bonchev–Trinajstić information content (AvgIpc) is 3.02. The fourth-order valence-corrected chi connectivity index (χ4v) is 3.03. The van der Waals surface area contributed by atoms with Crippen molar-refractivity contribution in [2.24, 2.45) is 5.92 Å². The van der Waals surface area contributed by atoms with Crippen LogP contribution in [0.5, 0.6) is 0 Å². The highest BCUT2D eigenvalue weighted by Gasteiger charge is 2.32. The highest BCUT2D eigenvalue weighted by atomic mass is 16.5. The Morgan fingerprint density at radius 2 is 2.14 bits per heavy atom. The van der Waals surface area contributed by atoms with Crippen molar-refractivity contribution < 1.29 is 18.7 Å². The molecule has 0 bridgehead atoms. The van der Waals surface area contributed by atoms with E-state index in [-0.39, 0.29) is 24.3 Å². The highest BCUT2D eigenvalue weighted by molar-refractivity contribution is 5.92. The van der Waals surface area contributed by atoms with Crippen molar-refractivity contribution in [3.63, 3.8) is 0 Å². The van der Waals surface area contributed by atoms with Crippen molar-refractivity contribution in [2.75, 3.05) is 13.7 Å². The van der Waals surface area contributed by atoms with E-state index in [2.05, 4.69) is 11.7 Å². The summed E-state index contributed by atoms with van der Waals surface area (Å²) in [5, 5.41) is 0. The van der Waals surface area contributed by atoms with Gasteiger partial charge in [0, 0.05) is 12.6 Å². The van der Waals surface area contributed by atoms with Crippen molar-refractivity contribution in [1.82, 2.24) is 4.90 Å². The molecular weight excluding hydrogens is 270 g/mol. The second-order valence-electron chi connectivity index (χ2n) is 5.63. The minimum absolute atomic E-state index is 0.136. The van der Waals surface area contributed by atoms with E-state index in [1.54, 1.807) is 17.0 Å². The number of hydrogen-bond acceptors (Lipinski definition) is 4. The van der Waals surface area contributed by atoms with Crippen LogP contribution in [-0.4, -0.2) is 36.5 Å². The number of ether oxygens (including phenoxy) is 1. The Morgan fingerprint density at radius 1 is 1.38 bits per heavy atom. The molecule has 0 spiro atoms. The van der Waals surface area contributed by atoms with Crippen LogP contribution in [0.1, 0.15) is 49.6 Å². The van der Waals surface area contributed by atoms with Crippen molar-refractivity contribution in [1.29, 1.82) is 0 Å². The molecule has 2 unspecified atom stereocenters. The first-order valence-corrected chi connectivity index (χ1v) is 7.54. The molecule has 2 rings (SSSR count). The Balaban J connectivity index is 2.12. The summed E-state index contributed by atoms with van der Waals surface area (Å²) >= 11 is 0. The predicted molar refractivity (Wildman–Crippen MR) is 77.8 cm³/mol. The van der Waals surface area contributed by atoms with Gasteiger partial charge in [0.25, 0.3) is 5.91 Å². The van der Waals surface area contributed by atoms with Gasteiger partial charge in [0.2, 0.25) is 0 Å². The van der Waals surface area contributed by atoms with Crippen LogP contribution in [0.25, 0.3) is 0 Å². The van der Waals surface area contributed by atoms with Crippen LogP contribution < -0.4 is 0 Å². The van der Waals surface area contributed by atoms with E-state index in [9.17, 15) is 9.59 Å². The minimum Gasteiger partial charge on any atom is -0.469 e. The normalized spacial score (nSPS) is 21.8. The standard InChI is InChI=1S/C16H23NO4/c1-12-6-3-4-7-13(12)17(10-9-15(18)20-2)16(19)14-8-5-11-21-14/h5,8,11-13H,3-4,6-7,9-10H2,1-2H3. The maximum Gasteiger partial charge on any atom is 0.307 e. The molecule has 2 atom stereocenters. The number of esters is 1. The Hall–Kier alpha value is -1.78. The van der Waals surface area contributed by atoms with Gasteiger partial charge in [-0.25, -0.2) is 0 Å². The zero-order chi connectivity index (χ0) is 15.2. The monoisotopic (exact) mass is 293 g/mol. The van der Waals surface area contributed by atoms with Crippen molar-refractivity contribution in [2.45, 2.75) is 45.1 Å². The summed E-state index contributed by atoms with van der Waals surface area (Å²) in [6.07, 6.45) is 6.13. The first-order valence-electron chi connectivity index (χ1n) is 7.54. The molecule has 0 aromatic carbocycles. The summed E-state index contributed by atoms with van der Waals surface area (Å²) < 4.78 is 9.91. The number of amides is 1. The van der Waals surface area contributed by atoms with Gasteiger partial charge in [0.05, 0.1) is 19.8 Å². The van der Waals surface area contributed by atoms with E-state index < -0.39 is 0 Å². The average molecular weight is 293 g/mol. The predicted octanol–water partition coefficient (Wildman–Crippen LogP) is 2.86. The van der Waals surface area contributed by atoms with E-state index in [0.29, 0.717) is 18.2 Å². The largest absolute Gasteiger partial charge is 0.469 e. The summed E-state index contributed by atoms with van der Waals surface area (Å²) in [7, 11) is 1.37. The van der Waals surface area contributed by atoms with Gasteiger partial charge in [0.15, 0.2) is 5.76 Å². The number of methoxy groups -OCH3 is 1. The van der Waals surface area contributed by atoms with Crippen LogP contribution in [0.15, 0.2) is 22.8 Å². The number of nitrogens with zero attached hydrogens (tertiary/aromatic N) is 1. The van der Waals surface area contributed by atoms with Gasteiger partial charge in [-0.2, -0.15) is 0 Å². The summed E-state index contributed by atoms with van der Waals surface area (Å²) in [6.45, 7) is 2.55. The first kappa shape index (κ1) is 15.6. The molecule has 1 fully saturated rings. The van der Waals surface area contributed by atoms with E-state index in [0.717, 1.165) is 19.3 Å². The molecule has 1 aromatic heterocycles. The Bertz CT molecular complexity index is 469. The molecule has 1 aliphatic carbocycles. The topological polar surface area (TPSA) is 59.8 Å². The lowest BCUT2D eigenvalue weighted by molar-refractivity contribution is -0.141. The maximum atomic E-state index is 12.6. The van der Waals surface area contributed by atoms with Crippen LogP contribution in [0, 0.1) is 5.92 Å². The van der Waals surface area contributed by atoms with Gasteiger partial charge in [0.1, 0.15) is 0 Å². The molecule has 1 aliphatic rings. The molecule has 1 amide bonds. The summed E-state index contributed by atoms with van der Waals surface area (Å²) in [6, 6.07) is 3.54. The molecule has 0 N–H and O–H groups in total. The highest BCUT2D eigenvalue weighted by Crippen LogP contribution is 2.29. The van der Waals surface area contributed by atoms with E-state index >= 15 is 0 Å². The molecular formula is C16H23NO4. The molecule has 5 heteroatoms. The summed E-state index contributed by atoms with van der Waals surface area (Å²) in [5.74, 6) is 0.339. The van der Waals surface area contributed by atoms with Gasteiger partial charge < -0.3 is 14.1 Å². The number of hydrogen-bond donors (Lipinski definition) is 0. The van der Waals surface area contributed by atoms with Gasteiger partial charge in [-0.05, 0) is 30.9 Å². The Kier molecular flexibility index (Phi) is 5.42. The second-order valence-corrected chi connectivity index (χ2v) is 5.63. The lowest BCUT2D eigenvalue weighted by Crippen LogP contribution is -2.46. The fourth-order valence-electron chi connectivity index (χ4n) is 3.03. The minimum atomic E-state index is -0.296.